The third kappa shape index (κ3) is 2.90. The topological polar surface area (TPSA) is 3.24 Å². The zero-order chi connectivity index (χ0) is 23.0. The van der Waals surface area contributed by atoms with E-state index in [2.05, 4.69) is 124 Å². The molecule has 0 N–H and O–H groups in total. The van der Waals surface area contributed by atoms with Gasteiger partial charge in [-0.1, -0.05) is 74.5 Å². The largest absolute Gasteiger partial charge is 0.335 e. The molecule has 0 aliphatic heterocycles. The van der Waals surface area contributed by atoms with Gasteiger partial charge in [0.2, 0.25) is 0 Å². The minimum Gasteiger partial charge on any atom is -0.335 e. The Balaban J connectivity index is 1.69. The van der Waals surface area contributed by atoms with E-state index in [4.69, 9.17) is 0 Å². The summed E-state index contributed by atoms with van der Waals surface area (Å²) in [6, 6.07) is 31.4. The van der Waals surface area contributed by atoms with Crippen LogP contribution >= 0.6 is 11.3 Å². The van der Waals surface area contributed by atoms with E-state index in [-0.39, 0.29) is 11.0 Å². The van der Waals surface area contributed by atoms with E-state index >= 15 is 0 Å². The molecule has 4 aromatic carbocycles. The number of fused-ring (bicyclic) bond motifs is 6. The second-order valence-electron chi connectivity index (χ2n) is 10.6. The zero-order valence-corrected chi connectivity index (χ0v) is 20.8. The Labute approximate surface area is 200 Å². The molecule has 2 heteroatoms. The van der Waals surface area contributed by atoms with Gasteiger partial charge in [-0.3, -0.25) is 0 Å². The van der Waals surface area contributed by atoms with Crippen LogP contribution in [0.4, 0.5) is 11.4 Å². The maximum atomic E-state index is 2.58. The molecule has 33 heavy (non-hydrogen) atoms. The highest BCUT2D eigenvalue weighted by Gasteiger charge is 2.40. The maximum Gasteiger partial charge on any atom is 0.0510 e. The first kappa shape index (κ1) is 20.5. The number of anilines is 2. The van der Waals surface area contributed by atoms with Gasteiger partial charge in [0, 0.05) is 36.8 Å². The van der Waals surface area contributed by atoms with Crippen LogP contribution in [0.15, 0.2) is 84.9 Å². The van der Waals surface area contributed by atoms with Crippen molar-refractivity contribution in [2.24, 2.45) is 0 Å². The first-order valence-corrected chi connectivity index (χ1v) is 12.5. The van der Waals surface area contributed by atoms with Gasteiger partial charge >= 0.3 is 0 Å². The molecule has 0 spiro atoms. The molecule has 1 aromatic heterocycles. The van der Waals surface area contributed by atoms with Gasteiger partial charge in [0.05, 0.1) is 5.69 Å². The number of rotatable bonds is 2. The number of benzene rings is 4. The summed E-state index contributed by atoms with van der Waals surface area (Å²) >= 11 is 1.89. The van der Waals surface area contributed by atoms with Crippen molar-refractivity contribution >= 4 is 42.9 Å². The quantitative estimate of drug-likeness (QED) is 0.260. The molecule has 0 radical (unpaired) electrons. The highest BCUT2D eigenvalue weighted by atomic mass is 32.1. The fourth-order valence-electron chi connectivity index (χ4n) is 5.80. The Morgan fingerprint density at radius 1 is 0.667 bits per heavy atom. The maximum absolute atomic E-state index is 2.58. The molecule has 0 saturated carbocycles. The smallest absolute Gasteiger partial charge is 0.0510 e. The van der Waals surface area contributed by atoms with Gasteiger partial charge < -0.3 is 4.90 Å². The number of nitrogens with zero attached hydrogens (tertiary/aromatic N) is 1. The van der Waals surface area contributed by atoms with E-state index in [0.29, 0.717) is 0 Å². The summed E-state index contributed by atoms with van der Waals surface area (Å²) in [6.45, 7) is 11.7. The summed E-state index contributed by atoms with van der Waals surface area (Å²) < 4.78 is 2.69. The molecule has 1 heterocycles. The second kappa shape index (κ2) is 6.95. The van der Waals surface area contributed by atoms with Crippen molar-refractivity contribution < 1.29 is 0 Å². The lowest BCUT2D eigenvalue weighted by Crippen LogP contribution is -2.39. The van der Waals surface area contributed by atoms with Crippen LogP contribution in [-0.4, -0.2) is 5.54 Å². The first-order chi connectivity index (χ1) is 15.8. The lowest BCUT2D eigenvalue weighted by molar-refractivity contribution is 0.554. The normalized spacial score (nSPS) is 14.5. The van der Waals surface area contributed by atoms with Crippen molar-refractivity contribution in [1.82, 2.24) is 0 Å². The van der Waals surface area contributed by atoms with Crippen LogP contribution in [0.1, 0.15) is 45.7 Å². The van der Waals surface area contributed by atoms with Gasteiger partial charge in [-0.2, -0.15) is 0 Å². The van der Waals surface area contributed by atoms with Crippen LogP contribution in [0.25, 0.3) is 31.3 Å². The Morgan fingerprint density at radius 2 is 1.30 bits per heavy atom. The molecule has 1 aliphatic carbocycles. The molecular formula is C31H29NS. The lowest BCUT2D eigenvalue weighted by Gasteiger charge is -2.41. The van der Waals surface area contributed by atoms with Crippen molar-refractivity contribution in [2.45, 2.75) is 45.6 Å². The molecule has 164 valence electrons. The van der Waals surface area contributed by atoms with E-state index in [9.17, 15) is 0 Å². The molecular weight excluding hydrogens is 418 g/mol. The molecule has 0 fully saturated rings. The Morgan fingerprint density at radius 3 is 2.12 bits per heavy atom. The van der Waals surface area contributed by atoms with Crippen molar-refractivity contribution in [1.29, 1.82) is 0 Å². The standard InChI is InChI=1S/C31H29NS/c1-30(2,3)32(24-16-11-19-27-28(24)22-13-7-9-18-26(22)33-27)25-17-10-14-21-20-12-6-8-15-23(20)31(4,5)29(21)25/h6-19H,1-5H3. The Kier molecular flexibility index (Phi) is 4.32. The van der Waals surface area contributed by atoms with Crippen LogP contribution in [0.2, 0.25) is 0 Å². The van der Waals surface area contributed by atoms with Gasteiger partial charge in [-0.25, -0.2) is 0 Å². The van der Waals surface area contributed by atoms with E-state index in [1.807, 2.05) is 11.3 Å². The average molecular weight is 448 g/mol. The molecule has 0 saturated heterocycles. The predicted octanol–water partition coefficient (Wildman–Crippen LogP) is 9.30. The molecule has 0 unspecified atom stereocenters. The molecule has 6 rings (SSSR count). The van der Waals surface area contributed by atoms with Crippen LogP contribution < -0.4 is 4.90 Å². The molecule has 0 bridgehead atoms. The lowest BCUT2D eigenvalue weighted by atomic mass is 9.80. The Bertz CT molecular complexity index is 1530. The minimum absolute atomic E-state index is 0.0589. The molecule has 1 aliphatic rings. The van der Waals surface area contributed by atoms with Gasteiger partial charge in [0.15, 0.2) is 0 Å². The van der Waals surface area contributed by atoms with Crippen molar-refractivity contribution in [2.75, 3.05) is 4.90 Å². The molecule has 5 aromatic rings. The summed E-state index contributed by atoms with van der Waals surface area (Å²) in [5.74, 6) is 0. The van der Waals surface area contributed by atoms with Gasteiger partial charge in [0.25, 0.3) is 0 Å². The summed E-state index contributed by atoms with van der Waals surface area (Å²) in [5, 5.41) is 2.71. The zero-order valence-electron chi connectivity index (χ0n) is 19.9. The number of hydrogen-bond acceptors (Lipinski definition) is 2. The Hall–Kier alpha value is -3.10. The third-order valence-corrected chi connectivity index (χ3v) is 8.23. The fourth-order valence-corrected chi connectivity index (χ4v) is 6.93. The van der Waals surface area contributed by atoms with Crippen molar-refractivity contribution in [3.8, 4) is 11.1 Å². The van der Waals surface area contributed by atoms with Crippen LogP contribution in [0.5, 0.6) is 0 Å². The van der Waals surface area contributed by atoms with Crippen LogP contribution in [0.3, 0.4) is 0 Å². The van der Waals surface area contributed by atoms with Gasteiger partial charge in [-0.15, -0.1) is 11.3 Å². The van der Waals surface area contributed by atoms with Crippen LogP contribution in [0, 0.1) is 0 Å². The molecule has 0 atom stereocenters. The highest BCUT2D eigenvalue weighted by Crippen LogP contribution is 2.54. The monoisotopic (exact) mass is 447 g/mol. The van der Waals surface area contributed by atoms with E-state index < -0.39 is 0 Å². The van der Waals surface area contributed by atoms with Crippen molar-refractivity contribution in [3.05, 3.63) is 96.1 Å². The van der Waals surface area contributed by atoms with Gasteiger partial charge in [0.1, 0.15) is 0 Å². The SMILES string of the molecule is CC1(C)c2ccccc2-c2cccc(N(c3cccc4sc5ccccc5c34)C(C)(C)C)c21. The summed E-state index contributed by atoms with van der Waals surface area (Å²) in [7, 11) is 0. The molecule has 1 nitrogen and oxygen atoms in total. The summed E-state index contributed by atoms with van der Waals surface area (Å²) in [5.41, 5.74) is 8.02. The van der Waals surface area contributed by atoms with Crippen molar-refractivity contribution in [3.63, 3.8) is 0 Å². The van der Waals surface area contributed by atoms with Crippen LogP contribution in [-0.2, 0) is 5.41 Å². The number of thiophene rings is 1. The van der Waals surface area contributed by atoms with E-state index in [1.54, 1.807) is 0 Å². The highest BCUT2D eigenvalue weighted by molar-refractivity contribution is 7.25. The van der Waals surface area contributed by atoms with Gasteiger partial charge in [-0.05, 0) is 67.3 Å². The average Bonchev–Trinajstić information content (AvgIpc) is 3.27. The fraction of sp³-hybridized carbons (Fsp3) is 0.226. The van der Waals surface area contributed by atoms with E-state index in [1.165, 1.54) is 53.8 Å². The second-order valence-corrected chi connectivity index (χ2v) is 11.7. The number of hydrogen-bond donors (Lipinski definition) is 0. The molecule has 0 amide bonds. The van der Waals surface area contributed by atoms with E-state index in [0.717, 1.165) is 0 Å². The summed E-state index contributed by atoms with van der Waals surface area (Å²) in [4.78, 5) is 2.58. The summed E-state index contributed by atoms with van der Waals surface area (Å²) in [6.07, 6.45) is 0. The minimum atomic E-state index is -0.0999. The first-order valence-electron chi connectivity index (χ1n) is 11.7. The third-order valence-electron chi connectivity index (χ3n) is 7.09. The predicted molar refractivity (Wildman–Crippen MR) is 145 cm³/mol.